The second-order valence-corrected chi connectivity index (χ2v) is 4.96. The average molecular weight is 298 g/mol. The van der Waals surface area contributed by atoms with E-state index in [1.54, 1.807) is 12.1 Å². The van der Waals surface area contributed by atoms with Crippen molar-refractivity contribution in [3.05, 3.63) is 70.0 Å². The number of carbonyl (C=O) groups excluding carboxylic acids is 2. The van der Waals surface area contributed by atoms with Crippen molar-refractivity contribution in [3.63, 3.8) is 0 Å². The summed E-state index contributed by atoms with van der Waals surface area (Å²) in [6.07, 6.45) is 0.409. The first-order valence-electron chi connectivity index (χ1n) is 6.63. The molecule has 0 atom stereocenters. The van der Waals surface area contributed by atoms with Gasteiger partial charge in [0.25, 0.3) is 5.91 Å². The lowest BCUT2D eigenvalue weighted by atomic mass is 10.1. The Morgan fingerprint density at radius 3 is 2.36 bits per heavy atom. The minimum absolute atomic E-state index is 0.0722. The van der Waals surface area contributed by atoms with Crippen LogP contribution >= 0.6 is 0 Å². The van der Waals surface area contributed by atoms with Crippen molar-refractivity contribution < 1.29 is 14.0 Å². The fourth-order valence-electron chi connectivity index (χ4n) is 1.89. The first kappa shape index (κ1) is 15.6. The molecule has 0 unspecified atom stereocenters. The summed E-state index contributed by atoms with van der Waals surface area (Å²) in [5.74, 6) is -1.30. The molecular formula is C17H15FN2O2. The van der Waals surface area contributed by atoms with Crippen LogP contribution in [0.15, 0.2) is 41.4 Å². The molecule has 0 radical (unpaired) electrons. The second kappa shape index (κ2) is 6.30. The lowest BCUT2D eigenvalue weighted by molar-refractivity contribution is 0.100. The van der Waals surface area contributed by atoms with Gasteiger partial charge in [-0.1, -0.05) is 12.1 Å². The van der Waals surface area contributed by atoms with Gasteiger partial charge in [0, 0.05) is 11.1 Å². The molecule has 0 aliphatic carbocycles. The standard InChI is InChI=1S/C17H15FN2O2/c1-10-3-4-13(7-11(10)2)17(22)20-16(19)12-5-6-14(9-21)15(18)8-12/h3-9H,1-2H3,(H2,19,20,22). The molecule has 2 aromatic rings. The number of aryl methyl sites for hydroxylation is 2. The predicted octanol–water partition coefficient (Wildman–Crippen LogP) is 2.80. The van der Waals surface area contributed by atoms with E-state index < -0.39 is 11.7 Å². The van der Waals surface area contributed by atoms with Crippen LogP contribution in [0.2, 0.25) is 0 Å². The second-order valence-electron chi connectivity index (χ2n) is 4.96. The third kappa shape index (κ3) is 3.25. The quantitative estimate of drug-likeness (QED) is 0.538. The molecule has 0 spiro atoms. The van der Waals surface area contributed by atoms with E-state index in [2.05, 4.69) is 4.99 Å². The maximum atomic E-state index is 13.5. The Balaban J connectivity index is 2.31. The maximum Gasteiger partial charge on any atom is 0.278 e. The minimum Gasteiger partial charge on any atom is -0.383 e. The minimum atomic E-state index is -0.704. The molecule has 0 saturated carbocycles. The average Bonchev–Trinajstić information content (AvgIpc) is 2.49. The number of halogens is 1. The number of amides is 1. The van der Waals surface area contributed by atoms with Crippen LogP contribution in [0.4, 0.5) is 4.39 Å². The molecule has 0 fully saturated rings. The summed E-state index contributed by atoms with van der Waals surface area (Å²) in [5.41, 5.74) is 8.37. The summed E-state index contributed by atoms with van der Waals surface area (Å²) < 4.78 is 13.5. The fourth-order valence-corrected chi connectivity index (χ4v) is 1.89. The first-order chi connectivity index (χ1) is 10.4. The lowest BCUT2D eigenvalue weighted by Crippen LogP contribution is -2.16. The Hall–Kier alpha value is -2.82. The molecule has 0 aliphatic heterocycles. The van der Waals surface area contributed by atoms with Crippen molar-refractivity contribution in [1.29, 1.82) is 0 Å². The van der Waals surface area contributed by atoms with Crippen molar-refractivity contribution in [3.8, 4) is 0 Å². The number of benzene rings is 2. The summed E-state index contributed by atoms with van der Waals surface area (Å²) in [4.78, 5) is 26.4. The van der Waals surface area contributed by atoms with Crippen LogP contribution in [0.25, 0.3) is 0 Å². The zero-order valence-electron chi connectivity index (χ0n) is 12.3. The normalized spacial score (nSPS) is 11.3. The van der Waals surface area contributed by atoms with E-state index >= 15 is 0 Å². The number of amidine groups is 1. The van der Waals surface area contributed by atoms with Gasteiger partial charge in [-0.15, -0.1) is 0 Å². The Labute approximate surface area is 127 Å². The van der Waals surface area contributed by atoms with Gasteiger partial charge in [-0.2, -0.15) is 4.99 Å². The zero-order valence-corrected chi connectivity index (χ0v) is 12.3. The highest BCUT2D eigenvalue weighted by Gasteiger charge is 2.09. The maximum absolute atomic E-state index is 13.5. The van der Waals surface area contributed by atoms with Crippen LogP contribution in [0.3, 0.4) is 0 Å². The highest BCUT2D eigenvalue weighted by atomic mass is 19.1. The largest absolute Gasteiger partial charge is 0.383 e. The number of hydrogen-bond donors (Lipinski definition) is 1. The SMILES string of the molecule is Cc1ccc(C(=O)N=C(N)c2ccc(C=O)c(F)c2)cc1C. The van der Waals surface area contributed by atoms with Crippen LogP contribution in [0, 0.1) is 19.7 Å². The van der Waals surface area contributed by atoms with Gasteiger partial charge in [0.2, 0.25) is 0 Å². The number of rotatable bonds is 3. The van der Waals surface area contributed by atoms with Crippen molar-refractivity contribution in [2.75, 3.05) is 0 Å². The van der Waals surface area contributed by atoms with E-state index in [1.165, 1.54) is 12.1 Å². The molecule has 2 aromatic carbocycles. The highest BCUT2D eigenvalue weighted by molar-refractivity contribution is 6.09. The van der Waals surface area contributed by atoms with Gasteiger partial charge >= 0.3 is 0 Å². The molecule has 0 heterocycles. The molecule has 0 saturated heterocycles. The molecule has 5 heteroatoms. The predicted molar refractivity (Wildman–Crippen MR) is 82.8 cm³/mol. The fraction of sp³-hybridized carbons (Fsp3) is 0.118. The molecule has 112 valence electrons. The molecule has 22 heavy (non-hydrogen) atoms. The van der Waals surface area contributed by atoms with E-state index in [0.717, 1.165) is 17.2 Å². The number of carbonyl (C=O) groups is 2. The number of nitrogens with two attached hydrogens (primary N) is 1. The third-order valence-electron chi connectivity index (χ3n) is 3.40. The van der Waals surface area contributed by atoms with Crippen molar-refractivity contribution in [2.45, 2.75) is 13.8 Å². The Morgan fingerprint density at radius 1 is 1.09 bits per heavy atom. The van der Waals surface area contributed by atoms with Crippen molar-refractivity contribution in [2.24, 2.45) is 10.7 Å². The topological polar surface area (TPSA) is 72.5 Å². The molecule has 2 rings (SSSR count). The van der Waals surface area contributed by atoms with Crippen LogP contribution in [0.1, 0.15) is 37.4 Å². The van der Waals surface area contributed by atoms with Crippen LogP contribution in [0.5, 0.6) is 0 Å². The monoisotopic (exact) mass is 298 g/mol. The summed E-state index contributed by atoms with van der Waals surface area (Å²) in [5, 5.41) is 0. The summed E-state index contributed by atoms with van der Waals surface area (Å²) in [6, 6.07) is 9.03. The summed E-state index contributed by atoms with van der Waals surface area (Å²) in [6.45, 7) is 3.84. The van der Waals surface area contributed by atoms with Crippen LogP contribution < -0.4 is 5.73 Å². The third-order valence-corrected chi connectivity index (χ3v) is 3.40. The number of hydrogen-bond acceptors (Lipinski definition) is 2. The van der Waals surface area contributed by atoms with E-state index in [1.807, 2.05) is 19.9 Å². The smallest absolute Gasteiger partial charge is 0.278 e. The van der Waals surface area contributed by atoms with Gasteiger partial charge in [-0.25, -0.2) is 4.39 Å². The van der Waals surface area contributed by atoms with Crippen molar-refractivity contribution >= 4 is 18.0 Å². The molecule has 1 amide bonds. The Bertz CT molecular complexity index is 782. The molecular weight excluding hydrogens is 283 g/mol. The van der Waals surface area contributed by atoms with Gasteiger partial charge in [0.15, 0.2) is 6.29 Å². The summed E-state index contributed by atoms with van der Waals surface area (Å²) in [7, 11) is 0. The van der Waals surface area contributed by atoms with Gasteiger partial charge in [0.1, 0.15) is 11.7 Å². The number of aldehydes is 1. The molecule has 2 N–H and O–H groups in total. The van der Waals surface area contributed by atoms with Gasteiger partial charge in [-0.05, 0) is 49.2 Å². The summed E-state index contributed by atoms with van der Waals surface area (Å²) >= 11 is 0. The zero-order chi connectivity index (χ0) is 16.3. The van der Waals surface area contributed by atoms with Gasteiger partial charge in [-0.3, -0.25) is 9.59 Å². The van der Waals surface area contributed by atoms with Gasteiger partial charge < -0.3 is 5.73 Å². The number of nitrogens with zero attached hydrogens (tertiary/aromatic N) is 1. The Kier molecular flexibility index (Phi) is 4.46. The lowest BCUT2D eigenvalue weighted by Gasteiger charge is -2.04. The highest BCUT2D eigenvalue weighted by Crippen LogP contribution is 2.12. The Morgan fingerprint density at radius 2 is 1.77 bits per heavy atom. The number of aliphatic imine (C=N–C) groups is 1. The van der Waals surface area contributed by atoms with Gasteiger partial charge in [0.05, 0.1) is 5.56 Å². The van der Waals surface area contributed by atoms with Crippen molar-refractivity contribution in [1.82, 2.24) is 0 Å². The molecule has 4 nitrogen and oxygen atoms in total. The van der Waals surface area contributed by atoms with E-state index in [4.69, 9.17) is 5.73 Å². The molecule has 0 bridgehead atoms. The van der Waals surface area contributed by atoms with Crippen LogP contribution in [-0.4, -0.2) is 18.0 Å². The van der Waals surface area contributed by atoms with E-state index in [9.17, 15) is 14.0 Å². The van der Waals surface area contributed by atoms with E-state index in [0.29, 0.717) is 11.8 Å². The molecule has 0 aliphatic rings. The first-order valence-corrected chi connectivity index (χ1v) is 6.63. The van der Waals surface area contributed by atoms with Crippen LogP contribution in [-0.2, 0) is 0 Å². The van der Waals surface area contributed by atoms with E-state index in [-0.39, 0.29) is 17.0 Å². The molecule has 0 aromatic heterocycles.